The average molecular weight is 238 g/mol. The van der Waals surface area contributed by atoms with E-state index in [0.29, 0.717) is 0 Å². The fraction of sp³-hybridized carbons (Fsp3) is 0.750. The molecule has 0 aromatic rings. The van der Waals surface area contributed by atoms with Crippen LogP contribution >= 0.6 is 0 Å². The van der Waals surface area contributed by atoms with E-state index >= 15 is 0 Å². The van der Waals surface area contributed by atoms with Gasteiger partial charge in [0.15, 0.2) is 7.52 Å². The zero-order valence-electron chi connectivity index (χ0n) is 9.52. The van der Waals surface area contributed by atoms with E-state index in [0.717, 1.165) is 6.92 Å². The van der Waals surface area contributed by atoms with Crippen LogP contribution < -0.4 is 5.31 Å². The molecule has 0 aliphatic rings. The molecule has 8 heteroatoms. The Hall–Kier alpha value is -1.06. The fourth-order valence-corrected chi connectivity index (χ4v) is 0.890. The first-order valence-corrected chi connectivity index (χ1v) is 4.40. The monoisotopic (exact) mass is 238 g/mol. The van der Waals surface area contributed by atoms with Crippen molar-refractivity contribution in [3.05, 3.63) is 0 Å². The first-order valence-electron chi connectivity index (χ1n) is 4.85. The molecule has 2 amide bonds. The summed E-state index contributed by atoms with van der Waals surface area (Å²) in [7, 11) is 0. The lowest BCUT2D eigenvalue weighted by atomic mass is 10.0. The Labute approximate surface area is 92.6 Å². The summed E-state index contributed by atoms with van der Waals surface area (Å²) in [5.41, 5.74) is 0. The Morgan fingerprint density at radius 2 is 1.75 bits per heavy atom. The van der Waals surface area contributed by atoms with Crippen LogP contribution in [-0.4, -0.2) is 68.4 Å². The SMILES string of the molecule is [2H]N(C(C)=O)C(=O)[C@@H](O)[C@@H](O)[C@H](O)[C@H](O)CO. The third-order valence-corrected chi connectivity index (χ3v) is 1.78. The minimum absolute atomic E-state index is 0.189. The van der Waals surface area contributed by atoms with Gasteiger partial charge >= 0.3 is 0 Å². The van der Waals surface area contributed by atoms with E-state index in [4.69, 9.17) is 11.6 Å². The van der Waals surface area contributed by atoms with Crippen molar-refractivity contribution in [3.63, 3.8) is 0 Å². The zero-order valence-corrected chi connectivity index (χ0v) is 8.52. The molecule has 0 aromatic heterocycles. The van der Waals surface area contributed by atoms with Gasteiger partial charge in [0.05, 0.1) is 6.61 Å². The van der Waals surface area contributed by atoms with Gasteiger partial charge in [-0.15, -0.1) is 0 Å². The molecule has 0 aliphatic carbocycles. The van der Waals surface area contributed by atoms with Gasteiger partial charge in [-0.1, -0.05) is 0 Å². The van der Waals surface area contributed by atoms with Crippen LogP contribution in [0.1, 0.15) is 6.92 Å². The molecule has 0 fully saturated rings. The molecule has 0 saturated carbocycles. The fourth-order valence-electron chi connectivity index (χ4n) is 0.890. The molecule has 6 N–H and O–H groups in total. The van der Waals surface area contributed by atoms with E-state index in [1.165, 1.54) is 0 Å². The van der Waals surface area contributed by atoms with E-state index in [9.17, 15) is 24.9 Å². The minimum Gasteiger partial charge on any atom is -0.394 e. The van der Waals surface area contributed by atoms with E-state index in [-0.39, 0.29) is 5.31 Å². The van der Waals surface area contributed by atoms with Gasteiger partial charge in [-0.3, -0.25) is 14.9 Å². The van der Waals surface area contributed by atoms with Crippen LogP contribution in [0.2, 0.25) is 1.41 Å². The molecule has 4 atom stereocenters. The molecule has 0 spiro atoms. The van der Waals surface area contributed by atoms with Gasteiger partial charge in [-0.2, -0.15) is 0 Å². The second kappa shape index (κ2) is 6.51. The lowest BCUT2D eigenvalue weighted by molar-refractivity contribution is -0.150. The minimum atomic E-state index is -2.26. The van der Waals surface area contributed by atoms with Crippen LogP contribution in [0.5, 0.6) is 0 Å². The summed E-state index contributed by atoms with van der Waals surface area (Å²) in [5.74, 6) is -2.44. The lowest BCUT2D eigenvalue weighted by Crippen LogP contribution is -2.52. The normalized spacial score (nSPS) is 19.2. The summed E-state index contributed by atoms with van der Waals surface area (Å²) in [6.07, 6.45) is -8.13. The number of carbonyl (C=O) groups excluding carboxylic acids is 2. The molecular formula is C8H15NO7. The average Bonchev–Trinajstić information content (AvgIpc) is 2.32. The van der Waals surface area contributed by atoms with Gasteiger partial charge in [0.2, 0.25) is 5.91 Å². The van der Waals surface area contributed by atoms with Crippen LogP contribution in [0.4, 0.5) is 0 Å². The molecule has 94 valence electrons. The second-order valence-corrected chi connectivity index (χ2v) is 3.15. The maximum Gasteiger partial charge on any atom is 0.258 e. The van der Waals surface area contributed by atoms with Crippen molar-refractivity contribution in [1.29, 1.82) is 0 Å². The van der Waals surface area contributed by atoms with Gasteiger partial charge in [0.1, 0.15) is 18.3 Å². The molecule has 0 aromatic carbocycles. The van der Waals surface area contributed by atoms with Crippen molar-refractivity contribution in [2.45, 2.75) is 31.3 Å². The number of nitrogens with one attached hydrogen (secondary N) is 1. The quantitative estimate of drug-likeness (QED) is 0.286. The molecule has 0 saturated heterocycles. The number of amides is 2. The third kappa shape index (κ3) is 4.21. The van der Waals surface area contributed by atoms with Crippen molar-refractivity contribution in [2.75, 3.05) is 6.61 Å². The van der Waals surface area contributed by atoms with E-state index < -0.39 is 42.8 Å². The Balaban J connectivity index is 4.64. The number of rotatable bonds is 5. The number of carbonyl (C=O) groups is 2. The van der Waals surface area contributed by atoms with Crippen molar-refractivity contribution in [1.82, 2.24) is 5.31 Å². The molecular weight excluding hydrogens is 222 g/mol. The Kier molecular flexibility index (Phi) is 5.29. The van der Waals surface area contributed by atoms with Crippen LogP contribution in [0, 0.1) is 0 Å². The number of hydrogen-bond acceptors (Lipinski definition) is 7. The Morgan fingerprint density at radius 1 is 1.25 bits per heavy atom. The van der Waals surface area contributed by atoms with Crippen LogP contribution in [0.25, 0.3) is 0 Å². The first-order chi connectivity index (χ1) is 7.73. The third-order valence-electron chi connectivity index (χ3n) is 1.78. The molecule has 16 heavy (non-hydrogen) atoms. The van der Waals surface area contributed by atoms with E-state index in [1.807, 2.05) is 0 Å². The second-order valence-electron chi connectivity index (χ2n) is 3.15. The van der Waals surface area contributed by atoms with Crippen LogP contribution in [-0.2, 0) is 9.59 Å². The molecule has 0 bridgehead atoms. The highest BCUT2D eigenvalue weighted by Crippen LogP contribution is 2.05. The summed E-state index contributed by atoms with van der Waals surface area (Å²) >= 11 is 0. The summed E-state index contributed by atoms with van der Waals surface area (Å²) in [6, 6.07) is 0. The maximum atomic E-state index is 11.2. The molecule has 0 rings (SSSR count). The number of hydrogen-bond donors (Lipinski definition) is 6. The predicted octanol–water partition coefficient (Wildman–Crippen LogP) is -3.91. The van der Waals surface area contributed by atoms with Gasteiger partial charge in [0, 0.05) is 6.92 Å². The van der Waals surface area contributed by atoms with Crippen molar-refractivity contribution in [3.8, 4) is 0 Å². The van der Waals surface area contributed by atoms with Crippen LogP contribution in [0.15, 0.2) is 0 Å². The predicted molar refractivity (Wildman–Crippen MR) is 49.9 cm³/mol. The molecule has 0 radical (unpaired) electrons. The first kappa shape index (κ1) is 13.0. The van der Waals surface area contributed by atoms with Crippen LogP contribution in [0.3, 0.4) is 0 Å². The summed E-state index contributed by atoms with van der Waals surface area (Å²) < 4.78 is 6.92. The summed E-state index contributed by atoms with van der Waals surface area (Å²) in [6.45, 7) is -0.000561. The largest absolute Gasteiger partial charge is 0.394 e. The van der Waals surface area contributed by atoms with Gasteiger partial charge in [-0.05, 0) is 0 Å². The Morgan fingerprint density at radius 3 is 2.12 bits per heavy atom. The highest BCUT2D eigenvalue weighted by molar-refractivity contribution is 5.96. The van der Waals surface area contributed by atoms with Gasteiger partial charge < -0.3 is 25.5 Å². The number of aliphatic hydroxyl groups excluding tert-OH is 5. The Bertz CT molecular complexity index is 287. The molecule has 0 heterocycles. The van der Waals surface area contributed by atoms with Crippen molar-refractivity contribution >= 4 is 11.8 Å². The smallest absolute Gasteiger partial charge is 0.258 e. The highest BCUT2D eigenvalue weighted by Gasteiger charge is 2.34. The standard InChI is InChI=1S/C8H15NO7/c1-3(11)9-8(16)7(15)6(14)5(13)4(12)2-10/h4-7,10,12-15H,2H2,1H3,(H,9,11,16)/t4-,5-,6+,7+/m1/s1/i/hD. The molecule has 0 aliphatic heterocycles. The highest BCUT2D eigenvalue weighted by atomic mass is 16.4. The lowest BCUT2D eigenvalue weighted by Gasteiger charge is -2.24. The van der Waals surface area contributed by atoms with Gasteiger partial charge in [0.25, 0.3) is 5.91 Å². The number of imide groups is 1. The van der Waals surface area contributed by atoms with E-state index in [2.05, 4.69) is 0 Å². The topological polar surface area (TPSA) is 147 Å². The molecule has 8 nitrogen and oxygen atoms in total. The maximum absolute atomic E-state index is 11.2. The number of aliphatic hydroxyl groups is 5. The van der Waals surface area contributed by atoms with E-state index in [1.54, 1.807) is 0 Å². The summed E-state index contributed by atoms with van der Waals surface area (Å²) in [5, 5.41) is 45.0. The van der Waals surface area contributed by atoms with Gasteiger partial charge in [-0.25, -0.2) is 0 Å². The zero-order chi connectivity index (χ0) is 13.7. The molecule has 0 unspecified atom stereocenters. The van der Waals surface area contributed by atoms with Crippen molar-refractivity contribution in [2.24, 2.45) is 0 Å². The van der Waals surface area contributed by atoms with Crippen molar-refractivity contribution < 1.29 is 36.5 Å². The summed E-state index contributed by atoms with van der Waals surface area (Å²) in [4.78, 5) is 21.8.